The molecular formula is C20H22O6. The Bertz CT molecular complexity index is 785. The fourth-order valence-corrected chi connectivity index (χ4v) is 2.42. The monoisotopic (exact) mass is 358 g/mol. The number of carbonyl (C=O) groups excluding carboxylic acids is 1. The first-order chi connectivity index (χ1) is 12.6. The van der Waals surface area contributed by atoms with Gasteiger partial charge in [0.1, 0.15) is 0 Å². The van der Waals surface area contributed by atoms with E-state index in [4.69, 9.17) is 23.7 Å². The van der Waals surface area contributed by atoms with Crippen LogP contribution in [-0.4, -0.2) is 34.4 Å². The summed E-state index contributed by atoms with van der Waals surface area (Å²) in [5.41, 5.74) is 1.20. The minimum atomic E-state index is -0.568. The summed E-state index contributed by atoms with van der Waals surface area (Å²) in [5.74, 6) is 1.35. The molecule has 0 fully saturated rings. The first-order valence-corrected chi connectivity index (χ1v) is 7.90. The van der Waals surface area contributed by atoms with Crippen molar-refractivity contribution < 1.29 is 28.5 Å². The molecule has 0 heterocycles. The minimum Gasteiger partial charge on any atom is -0.493 e. The number of carbonyl (C=O) groups is 1. The summed E-state index contributed by atoms with van der Waals surface area (Å²) in [7, 11) is 5.98. The lowest BCUT2D eigenvalue weighted by molar-refractivity contribution is 0.0729. The highest BCUT2D eigenvalue weighted by Gasteiger charge is 2.19. The fraction of sp³-hybridized carbons (Fsp3) is 0.250. The first kappa shape index (κ1) is 19.2. The topological polar surface area (TPSA) is 63.2 Å². The van der Waals surface area contributed by atoms with E-state index in [1.807, 2.05) is 25.1 Å². The first-order valence-electron chi connectivity index (χ1n) is 7.90. The van der Waals surface area contributed by atoms with E-state index in [1.165, 1.54) is 40.6 Å². The molecule has 0 bridgehead atoms. The number of rotatable bonds is 7. The van der Waals surface area contributed by atoms with E-state index in [2.05, 4.69) is 0 Å². The molecule has 0 N–H and O–H groups in total. The van der Waals surface area contributed by atoms with Crippen LogP contribution in [0.1, 0.15) is 22.8 Å². The van der Waals surface area contributed by atoms with Gasteiger partial charge < -0.3 is 23.7 Å². The summed E-state index contributed by atoms with van der Waals surface area (Å²) in [6.45, 7) is 1.92. The quantitative estimate of drug-likeness (QED) is 0.551. The van der Waals surface area contributed by atoms with Crippen molar-refractivity contribution >= 4 is 12.0 Å². The van der Waals surface area contributed by atoms with Gasteiger partial charge in [-0.05, 0) is 36.8 Å². The van der Waals surface area contributed by atoms with E-state index in [-0.39, 0.29) is 5.56 Å². The average Bonchev–Trinajstić information content (AvgIpc) is 2.67. The number of allylic oxidation sites excluding steroid dienone is 1. The number of hydrogen-bond donors (Lipinski definition) is 0. The molecule has 0 saturated heterocycles. The molecule has 2 rings (SSSR count). The molecular weight excluding hydrogens is 336 g/mol. The maximum atomic E-state index is 12.6. The zero-order valence-corrected chi connectivity index (χ0v) is 15.5. The van der Waals surface area contributed by atoms with Crippen molar-refractivity contribution in [2.24, 2.45) is 0 Å². The van der Waals surface area contributed by atoms with Gasteiger partial charge in [-0.2, -0.15) is 0 Å². The molecule has 6 nitrogen and oxygen atoms in total. The van der Waals surface area contributed by atoms with Crippen LogP contribution in [0.2, 0.25) is 0 Å². The van der Waals surface area contributed by atoms with Crippen molar-refractivity contribution in [3.05, 3.63) is 47.5 Å². The third kappa shape index (κ3) is 4.08. The van der Waals surface area contributed by atoms with Crippen molar-refractivity contribution in [3.63, 3.8) is 0 Å². The lowest BCUT2D eigenvalue weighted by atomic mass is 10.1. The number of methoxy groups -OCH3 is 4. The summed E-state index contributed by atoms with van der Waals surface area (Å²) in [5, 5.41) is 0. The lowest BCUT2D eigenvalue weighted by Gasteiger charge is -2.14. The molecule has 0 atom stereocenters. The Hall–Kier alpha value is -3.15. The number of ether oxygens (including phenoxy) is 5. The van der Waals surface area contributed by atoms with Gasteiger partial charge >= 0.3 is 5.97 Å². The maximum Gasteiger partial charge on any atom is 0.343 e. The van der Waals surface area contributed by atoms with E-state index >= 15 is 0 Å². The molecule has 0 saturated carbocycles. The molecule has 2 aromatic carbocycles. The standard InChI is InChI=1S/C20H22O6/c1-6-7-13-8-9-15(16(10-13)22-2)26-20(21)14-11-17(23-3)19(25-5)18(12-14)24-4/h6-12H,1-5H3/b7-6+. The Morgan fingerprint density at radius 2 is 1.42 bits per heavy atom. The van der Waals surface area contributed by atoms with Gasteiger partial charge in [0.15, 0.2) is 23.0 Å². The Morgan fingerprint density at radius 1 is 0.808 bits per heavy atom. The van der Waals surface area contributed by atoms with Gasteiger partial charge in [0.2, 0.25) is 5.75 Å². The molecule has 0 spiro atoms. The molecule has 0 amide bonds. The molecule has 138 valence electrons. The van der Waals surface area contributed by atoms with Crippen molar-refractivity contribution in [2.45, 2.75) is 6.92 Å². The van der Waals surface area contributed by atoms with Gasteiger partial charge in [-0.15, -0.1) is 0 Å². The second-order valence-corrected chi connectivity index (χ2v) is 5.21. The van der Waals surface area contributed by atoms with E-state index in [0.29, 0.717) is 28.7 Å². The Kier molecular flexibility index (Phi) is 6.49. The molecule has 0 aromatic heterocycles. The van der Waals surface area contributed by atoms with Crippen molar-refractivity contribution in [2.75, 3.05) is 28.4 Å². The van der Waals surface area contributed by atoms with Crippen molar-refractivity contribution in [1.82, 2.24) is 0 Å². The highest BCUT2D eigenvalue weighted by atomic mass is 16.6. The second kappa shape index (κ2) is 8.80. The highest BCUT2D eigenvalue weighted by Crippen LogP contribution is 2.38. The third-order valence-corrected chi connectivity index (χ3v) is 3.65. The maximum absolute atomic E-state index is 12.6. The van der Waals surface area contributed by atoms with Crippen LogP contribution in [0.25, 0.3) is 6.08 Å². The van der Waals surface area contributed by atoms with Crippen LogP contribution in [0, 0.1) is 0 Å². The predicted molar refractivity (Wildman–Crippen MR) is 98.8 cm³/mol. The van der Waals surface area contributed by atoms with Gasteiger partial charge in [0.05, 0.1) is 34.0 Å². The smallest absolute Gasteiger partial charge is 0.343 e. The minimum absolute atomic E-state index is 0.263. The van der Waals surface area contributed by atoms with E-state index < -0.39 is 5.97 Å². The zero-order valence-electron chi connectivity index (χ0n) is 15.5. The van der Waals surface area contributed by atoms with Crippen molar-refractivity contribution in [3.8, 4) is 28.7 Å². The number of benzene rings is 2. The van der Waals surface area contributed by atoms with Crippen LogP contribution < -0.4 is 23.7 Å². The van der Waals surface area contributed by atoms with Crippen LogP contribution in [0.15, 0.2) is 36.4 Å². The van der Waals surface area contributed by atoms with E-state index in [0.717, 1.165) is 5.56 Å². The molecule has 6 heteroatoms. The highest BCUT2D eigenvalue weighted by molar-refractivity contribution is 5.93. The average molecular weight is 358 g/mol. The fourth-order valence-electron chi connectivity index (χ4n) is 2.42. The largest absolute Gasteiger partial charge is 0.493 e. The van der Waals surface area contributed by atoms with Gasteiger partial charge in [-0.1, -0.05) is 18.2 Å². The summed E-state index contributed by atoms with van der Waals surface area (Å²) in [4.78, 5) is 12.6. The zero-order chi connectivity index (χ0) is 19.1. The van der Waals surface area contributed by atoms with Crippen LogP contribution in [0.4, 0.5) is 0 Å². The number of hydrogen-bond acceptors (Lipinski definition) is 6. The second-order valence-electron chi connectivity index (χ2n) is 5.21. The van der Waals surface area contributed by atoms with Gasteiger partial charge in [-0.3, -0.25) is 0 Å². The third-order valence-electron chi connectivity index (χ3n) is 3.65. The van der Waals surface area contributed by atoms with Gasteiger partial charge in [-0.25, -0.2) is 4.79 Å². The van der Waals surface area contributed by atoms with E-state index in [9.17, 15) is 4.79 Å². The van der Waals surface area contributed by atoms with E-state index in [1.54, 1.807) is 12.1 Å². The summed E-state index contributed by atoms with van der Waals surface area (Å²) >= 11 is 0. The van der Waals surface area contributed by atoms with Crippen LogP contribution in [0.3, 0.4) is 0 Å². The molecule has 2 aromatic rings. The Balaban J connectivity index is 2.35. The molecule has 0 aliphatic carbocycles. The molecule has 0 aliphatic rings. The summed E-state index contributed by atoms with van der Waals surface area (Å²) < 4.78 is 26.6. The molecule has 0 unspecified atom stereocenters. The van der Waals surface area contributed by atoms with Gasteiger partial charge in [0, 0.05) is 0 Å². The number of esters is 1. The summed E-state index contributed by atoms with van der Waals surface area (Å²) in [6.07, 6.45) is 3.84. The lowest BCUT2D eigenvalue weighted by Crippen LogP contribution is -2.10. The molecule has 0 radical (unpaired) electrons. The Morgan fingerprint density at radius 3 is 1.92 bits per heavy atom. The predicted octanol–water partition coefficient (Wildman–Crippen LogP) is 3.97. The van der Waals surface area contributed by atoms with Crippen LogP contribution in [-0.2, 0) is 0 Å². The molecule has 0 aliphatic heterocycles. The normalized spacial score (nSPS) is 10.5. The van der Waals surface area contributed by atoms with Crippen LogP contribution >= 0.6 is 0 Å². The summed E-state index contributed by atoms with van der Waals surface area (Å²) in [6, 6.07) is 8.37. The van der Waals surface area contributed by atoms with Crippen molar-refractivity contribution in [1.29, 1.82) is 0 Å². The Labute approximate surface area is 152 Å². The SMILES string of the molecule is C/C=C/c1ccc(OC(=O)c2cc(OC)c(OC)c(OC)c2)c(OC)c1. The van der Waals surface area contributed by atoms with Gasteiger partial charge in [0.25, 0.3) is 0 Å². The van der Waals surface area contributed by atoms with Crippen LogP contribution in [0.5, 0.6) is 28.7 Å². The molecule has 26 heavy (non-hydrogen) atoms.